The van der Waals surface area contributed by atoms with Gasteiger partial charge in [0, 0.05) is 10.2 Å². The highest BCUT2D eigenvalue weighted by molar-refractivity contribution is 9.11. The molecule has 0 heterocycles. The maximum absolute atomic E-state index is 12.3. The molecule has 0 bridgehead atoms. The van der Waals surface area contributed by atoms with Crippen LogP contribution < -0.4 is 14.8 Å². The number of anilines is 1. The maximum Gasteiger partial charge on any atom is 0.262 e. The van der Waals surface area contributed by atoms with E-state index in [0.717, 1.165) is 25.5 Å². The molecule has 30 heavy (non-hydrogen) atoms. The van der Waals surface area contributed by atoms with Crippen molar-refractivity contribution in [2.45, 2.75) is 0 Å². The van der Waals surface area contributed by atoms with Crippen molar-refractivity contribution in [1.29, 1.82) is 0 Å². The van der Waals surface area contributed by atoms with Gasteiger partial charge in [-0.2, -0.15) is 0 Å². The van der Waals surface area contributed by atoms with Crippen molar-refractivity contribution in [1.82, 2.24) is 0 Å². The van der Waals surface area contributed by atoms with Crippen molar-refractivity contribution < 1.29 is 14.3 Å². The summed E-state index contributed by atoms with van der Waals surface area (Å²) in [7, 11) is 0. The van der Waals surface area contributed by atoms with E-state index < -0.39 is 0 Å². The van der Waals surface area contributed by atoms with Crippen molar-refractivity contribution in [3.63, 3.8) is 0 Å². The third-order valence-corrected chi connectivity index (χ3v) is 5.67. The fraction of sp³-hybridized carbons (Fsp3) is 0.0417. The summed E-state index contributed by atoms with van der Waals surface area (Å²) in [6.07, 6.45) is 0. The van der Waals surface area contributed by atoms with E-state index in [1.54, 1.807) is 12.1 Å². The molecule has 0 aliphatic heterocycles. The summed E-state index contributed by atoms with van der Waals surface area (Å²) in [5.74, 6) is 1.83. The second-order valence-electron chi connectivity index (χ2n) is 6.52. The van der Waals surface area contributed by atoms with Gasteiger partial charge < -0.3 is 14.8 Å². The molecule has 6 heteroatoms. The zero-order valence-electron chi connectivity index (χ0n) is 15.8. The van der Waals surface area contributed by atoms with E-state index in [1.165, 1.54) is 0 Å². The van der Waals surface area contributed by atoms with E-state index in [4.69, 9.17) is 9.47 Å². The summed E-state index contributed by atoms with van der Waals surface area (Å²) in [4.78, 5) is 12.3. The molecule has 0 aliphatic carbocycles. The van der Waals surface area contributed by atoms with Gasteiger partial charge in [-0.15, -0.1) is 0 Å². The molecule has 150 valence electrons. The lowest BCUT2D eigenvalue weighted by Crippen LogP contribution is -2.20. The first-order chi connectivity index (χ1) is 14.6. The molecule has 1 N–H and O–H groups in total. The SMILES string of the molecule is O=C(COc1ccc2cc(Br)ccc2c1Br)Nc1ccc(Oc2ccccc2)cc1. The Labute approximate surface area is 191 Å². The van der Waals surface area contributed by atoms with E-state index in [2.05, 4.69) is 37.2 Å². The van der Waals surface area contributed by atoms with Gasteiger partial charge in [-0.05, 0) is 81.3 Å². The molecular formula is C24H17Br2NO3. The molecular weight excluding hydrogens is 510 g/mol. The molecule has 4 rings (SSSR count). The quantitative estimate of drug-likeness (QED) is 0.289. The van der Waals surface area contributed by atoms with Gasteiger partial charge in [-0.25, -0.2) is 0 Å². The molecule has 0 unspecified atom stereocenters. The number of para-hydroxylation sites is 1. The second kappa shape index (κ2) is 9.32. The van der Waals surface area contributed by atoms with Crippen LogP contribution in [0, 0.1) is 0 Å². The number of rotatable bonds is 6. The van der Waals surface area contributed by atoms with Crippen LogP contribution in [-0.2, 0) is 4.79 Å². The number of halogens is 2. The average Bonchev–Trinajstić information content (AvgIpc) is 2.75. The lowest BCUT2D eigenvalue weighted by molar-refractivity contribution is -0.118. The van der Waals surface area contributed by atoms with Crippen molar-refractivity contribution in [2.24, 2.45) is 0 Å². The fourth-order valence-corrected chi connectivity index (χ4v) is 3.91. The molecule has 0 atom stereocenters. The summed E-state index contributed by atoms with van der Waals surface area (Å²) >= 11 is 7.04. The molecule has 0 saturated carbocycles. The number of carbonyl (C=O) groups is 1. The Morgan fingerprint density at radius 1 is 0.833 bits per heavy atom. The molecule has 4 aromatic carbocycles. The molecule has 0 fully saturated rings. The van der Waals surface area contributed by atoms with Crippen molar-refractivity contribution in [3.8, 4) is 17.2 Å². The van der Waals surface area contributed by atoms with Gasteiger partial charge in [-0.3, -0.25) is 4.79 Å². The highest BCUT2D eigenvalue weighted by Crippen LogP contribution is 2.34. The van der Waals surface area contributed by atoms with Gasteiger partial charge in [0.2, 0.25) is 0 Å². The van der Waals surface area contributed by atoms with Gasteiger partial charge in [0.05, 0.1) is 4.47 Å². The summed E-state index contributed by atoms with van der Waals surface area (Å²) < 4.78 is 13.3. The van der Waals surface area contributed by atoms with Crippen LogP contribution in [-0.4, -0.2) is 12.5 Å². The molecule has 0 saturated heterocycles. The van der Waals surface area contributed by atoms with Crippen LogP contribution in [0.1, 0.15) is 0 Å². The van der Waals surface area contributed by atoms with Crippen LogP contribution >= 0.6 is 31.9 Å². The van der Waals surface area contributed by atoms with Gasteiger partial charge in [0.1, 0.15) is 17.2 Å². The molecule has 4 aromatic rings. The summed E-state index contributed by atoms with van der Waals surface area (Å²) in [5, 5.41) is 4.92. The van der Waals surface area contributed by atoms with Gasteiger partial charge in [0.25, 0.3) is 5.91 Å². The van der Waals surface area contributed by atoms with Crippen LogP contribution in [0.3, 0.4) is 0 Å². The Bertz CT molecular complexity index is 1180. The number of amides is 1. The number of carbonyl (C=O) groups excluding carboxylic acids is 1. The lowest BCUT2D eigenvalue weighted by Gasteiger charge is -2.11. The van der Waals surface area contributed by atoms with Crippen LogP contribution in [0.25, 0.3) is 10.8 Å². The molecule has 0 spiro atoms. The zero-order chi connectivity index (χ0) is 20.9. The Hall–Kier alpha value is -2.83. The van der Waals surface area contributed by atoms with Crippen molar-refractivity contribution in [3.05, 3.63) is 93.9 Å². The van der Waals surface area contributed by atoms with Gasteiger partial charge >= 0.3 is 0 Å². The smallest absolute Gasteiger partial charge is 0.262 e. The van der Waals surface area contributed by atoms with Crippen molar-refractivity contribution >= 4 is 54.2 Å². The minimum Gasteiger partial charge on any atom is -0.483 e. The van der Waals surface area contributed by atoms with E-state index in [-0.39, 0.29) is 12.5 Å². The van der Waals surface area contributed by atoms with Gasteiger partial charge in [-0.1, -0.05) is 46.3 Å². The number of nitrogens with one attached hydrogen (secondary N) is 1. The third kappa shape index (κ3) is 5.01. The average molecular weight is 527 g/mol. The topological polar surface area (TPSA) is 47.6 Å². The first-order valence-corrected chi connectivity index (χ1v) is 10.8. The highest BCUT2D eigenvalue weighted by atomic mass is 79.9. The molecule has 0 radical (unpaired) electrons. The summed E-state index contributed by atoms with van der Waals surface area (Å²) in [5.41, 5.74) is 0.673. The Balaban J connectivity index is 1.35. The number of hydrogen-bond donors (Lipinski definition) is 1. The highest BCUT2D eigenvalue weighted by Gasteiger charge is 2.10. The molecule has 0 aliphatic rings. The molecule has 1 amide bonds. The first-order valence-electron chi connectivity index (χ1n) is 9.22. The molecule has 0 aromatic heterocycles. The monoisotopic (exact) mass is 525 g/mol. The predicted octanol–water partition coefficient (Wildman–Crippen LogP) is 7.17. The van der Waals surface area contributed by atoms with Crippen molar-refractivity contribution in [2.75, 3.05) is 11.9 Å². The standard InChI is InChI=1S/C24H17Br2NO3/c25-17-7-12-21-16(14-17)6-13-22(24(21)26)29-15-23(28)27-18-8-10-20(11-9-18)30-19-4-2-1-3-5-19/h1-14H,15H2,(H,27,28). The minimum atomic E-state index is -0.241. The normalized spacial score (nSPS) is 10.6. The fourth-order valence-electron chi connectivity index (χ4n) is 2.93. The van der Waals surface area contributed by atoms with E-state index in [9.17, 15) is 4.79 Å². The Morgan fingerprint density at radius 3 is 2.33 bits per heavy atom. The number of fused-ring (bicyclic) bond motifs is 1. The van der Waals surface area contributed by atoms with E-state index >= 15 is 0 Å². The zero-order valence-corrected chi connectivity index (χ0v) is 18.9. The van der Waals surface area contributed by atoms with Crippen LogP contribution in [0.15, 0.2) is 93.9 Å². The summed E-state index contributed by atoms with van der Waals surface area (Å²) in [6.45, 7) is -0.0943. The van der Waals surface area contributed by atoms with Crippen LogP contribution in [0.2, 0.25) is 0 Å². The first kappa shape index (κ1) is 20.4. The van der Waals surface area contributed by atoms with E-state index in [1.807, 2.05) is 72.8 Å². The summed E-state index contributed by atoms with van der Waals surface area (Å²) in [6, 6.07) is 26.5. The largest absolute Gasteiger partial charge is 0.483 e. The third-order valence-electron chi connectivity index (χ3n) is 4.36. The maximum atomic E-state index is 12.3. The number of hydrogen-bond acceptors (Lipinski definition) is 3. The Morgan fingerprint density at radius 2 is 1.57 bits per heavy atom. The Kier molecular flexibility index (Phi) is 6.35. The number of ether oxygens (including phenoxy) is 2. The van der Waals surface area contributed by atoms with Gasteiger partial charge in [0.15, 0.2) is 6.61 Å². The lowest BCUT2D eigenvalue weighted by atomic mass is 10.1. The van der Waals surface area contributed by atoms with E-state index in [0.29, 0.717) is 17.2 Å². The predicted molar refractivity (Wildman–Crippen MR) is 126 cm³/mol. The van der Waals surface area contributed by atoms with Crippen LogP contribution in [0.5, 0.6) is 17.2 Å². The minimum absolute atomic E-state index is 0.0943. The number of benzene rings is 4. The molecule has 4 nitrogen and oxygen atoms in total. The second-order valence-corrected chi connectivity index (χ2v) is 8.23. The van der Waals surface area contributed by atoms with Crippen LogP contribution in [0.4, 0.5) is 5.69 Å².